The number of pyridine rings is 1. The lowest BCUT2D eigenvalue weighted by Gasteiger charge is -2.06. The molecule has 0 amide bonds. The first-order valence-electron chi connectivity index (χ1n) is 3.90. The van der Waals surface area contributed by atoms with Crippen molar-refractivity contribution in [3.05, 3.63) is 33.9 Å². The van der Waals surface area contributed by atoms with Gasteiger partial charge in [-0.15, -0.1) is 6.58 Å². The maximum absolute atomic E-state index is 5.82. The molecule has 0 unspecified atom stereocenters. The van der Waals surface area contributed by atoms with Crippen LogP contribution in [0.4, 0.5) is 0 Å². The zero-order chi connectivity index (χ0) is 10.6. The van der Waals surface area contributed by atoms with Crippen LogP contribution in [-0.4, -0.2) is 11.6 Å². The number of rotatable bonds is 4. The van der Waals surface area contributed by atoms with Gasteiger partial charge in [0.2, 0.25) is 5.88 Å². The molecule has 0 spiro atoms. The van der Waals surface area contributed by atoms with Crippen LogP contribution in [0.1, 0.15) is 6.42 Å². The number of aromatic nitrogens is 1. The van der Waals surface area contributed by atoms with Crippen molar-refractivity contribution >= 4 is 34.8 Å². The van der Waals surface area contributed by atoms with Crippen molar-refractivity contribution in [2.24, 2.45) is 0 Å². The number of halogens is 3. The Morgan fingerprint density at radius 1 is 1.36 bits per heavy atom. The highest BCUT2D eigenvalue weighted by Gasteiger charge is 2.08. The average Bonchev–Trinajstić information content (AvgIpc) is 2.14. The Hall–Kier alpha value is -0.440. The summed E-state index contributed by atoms with van der Waals surface area (Å²) in [4.78, 5) is 3.89. The molecule has 0 saturated carbocycles. The Labute approximate surface area is 97.4 Å². The van der Waals surface area contributed by atoms with Crippen molar-refractivity contribution in [2.75, 3.05) is 6.61 Å². The van der Waals surface area contributed by atoms with Gasteiger partial charge in [-0.2, -0.15) is 4.98 Å². The quantitative estimate of drug-likeness (QED) is 0.459. The van der Waals surface area contributed by atoms with Crippen LogP contribution >= 0.6 is 34.8 Å². The Bertz CT molecular complexity index is 341. The van der Waals surface area contributed by atoms with Crippen LogP contribution in [0.15, 0.2) is 18.7 Å². The molecular formula is C9H8Cl3NO. The molecule has 5 heteroatoms. The zero-order valence-electron chi connectivity index (χ0n) is 7.27. The number of hydrogen-bond acceptors (Lipinski definition) is 2. The molecular weight excluding hydrogens is 244 g/mol. The molecule has 1 heterocycles. The van der Waals surface area contributed by atoms with Gasteiger partial charge in [-0.25, -0.2) is 0 Å². The summed E-state index contributed by atoms with van der Waals surface area (Å²) in [5.74, 6) is 0.294. The average molecular weight is 253 g/mol. The van der Waals surface area contributed by atoms with E-state index in [-0.39, 0.29) is 5.15 Å². The van der Waals surface area contributed by atoms with Gasteiger partial charge in [-0.3, -0.25) is 0 Å². The largest absolute Gasteiger partial charge is 0.476 e. The van der Waals surface area contributed by atoms with E-state index < -0.39 is 0 Å². The minimum absolute atomic E-state index is 0.185. The van der Waals surface area contributed by atoms with Crippen molar-refractivity contribution in [1.29, 1.82) is 0 Å². The fourth-order valence-corrected chi connectivity index (χ4v) is 1.31. The second-order valence-corrected chi connectivity index (χ2v) is 3.65. The lowest BCUT2D eigenvalue weighted by Crippen LogP contribution is -1.98. The first-order valence-corrected chi connectivity index (χ1v) is 5.03. The normalized spacial score (nSPS) is 9.93. The van der Waals surface area contributed by atoms with Crippen LogP contribution in [0.3, 0.4) is 0 Å². The van der Waals surface area contributed by atoms with E-state index in [2.05, 4.69) is 11.6 Å². The van der Waals surface area contributed by atoms with Gasteiger partial charge >= 0.3 is 0 Å². The Morgan fingerprint density at radius 3 is 2.71 bits per heavy atom. The maximum Gasteiger partial charge on any atom is 0.234 e. The predicted molar refractivity (Wildman–Crippen MR) is 59.6 cm³/mol. The van der Waals surface area contributed by atoms with E-state index in [1.54, 1.807) is 6.08 Å². The molecule has 2 nitrogen and oxygen atoms in total. The van der Waals surface area contributed by atoms with Crippen LogP contribution in [-0.2, 0) is 0 Å². The Morgan fingerprint density at radius 2 is 2.07 bits per heavy atom. The van der Waals surface area contributed by atoms with Crippen molar-refractivity contribution in [3.8, 4) is 5.88 Å². The van der Waals surface area contributed by atoms with Crippen molar-refractivity contribution in [3.63, 3.8) is 0 Å². The highest BCUT2D eigenvalue weighted by molar-refractivity contribution is 6.42. The third-order valence-electron chi connectivity index (χ3n) is 1.42. The summed E-state index contributed by atoms with van der Waals surface area (Å²) in [6.45, 7) is 4.03. The second kappa shape index (κ2) is 5.44. The topological polar surface area (TPSA) is 22.1 Å². The molecule has 1 rings (SSSR count). The first-order chi connectivity index (χ1) is 6.65. The van der Waals surface area contributed by atoms with E-state index in [0.29, 0.717) is 22.5 Å². The molecule has 0 saturated heterocycles. The molecule has 0 aliphatic heterocycles. The van der Waals surface area contributed by atoms with Gasteiger partial charge in [0.25, 0.3) is 0 Å². The first kappa shape index (κ1) is 11.6. The van der Waals surface area contributed by atoms with Crippen molar-refractivity contribution in [1.82, 2.24) is 4.98 Å². The summed E-state index contributed by atoms with van der Waals surface area (Å²) in [5, 5.41) is 0.848. The van der Waals surface area contributed by atoms with E-state index in [9.17, 15) is 0 Å². The van der Waals surface area contributed by atoms with Crippen molar-refractivity contribution in [2.45, 2.75) is 6.42 Å². The van der Waals surface area contributed by atoms with Gasteiger partial charge in [-0.1, -0.05) is 40.9 Å². The van der Waals surface area contributed by atoms with Crippen LogP contribution in [0.2, 0.25) is 15.2 Å². The molecule has 0 fully saturated rings. The second-order valence-electron chi connectivity index (χ2n) is 2.47. The molecule has 1 aromatic rings. The molecule has 0 atom stereocenters. The van der Waals surface area contributed by atoms with Gasteiger partial charge < -0.3 is 4.74 Å². The summed E-state index contributed by atoms with van der Waals surface area (Å²) in [5.41, 5.74) is 0. The molecule has 0 N–H and O–H groups in total. The monoisotopic (exact) mass is 251 g/mol. The highest BCUT2D eigenvalue weighted by Crippen LogP contribution is 2.30. The molecule has 1 aromatic heterocycles. The molecule has 0 radical (unpaired) electrons. The van der Waals surface area contributed by atoms with Crippen LogP contribution in [0.5, 0.6) is 5.88 Å². The summed E-state index contributed by atoms with van der Waals surface area (Å²) in [6, 6.07) is 1.50. The fraction of sp³-hybridized carbons (Fsp3) is 0.222. The third kappa shape index (κ3) is 3.05. The fourth-order valence-electron chi connectivity index (χ4n) is 0.769. The number of nitrogens with zero attached hydrogens (tertiary/aromatic N) is 1. The van der Waals surface area contributed by atoms with Gasteiger partial charge in [0, 0.05) is 0 Å². The zero-order valence-corrected chi connectivity index (χ0v) is 9.53. The van der Waals surface area contributed by atoms with Crippen LogP contribution in [0, 0.1) is 0 Å². The summed E-state index contributed by atoms with van der Waals surface area (Å²) in [6.07, 6.45) is 2.46. The smallest absolute Gasteiger partial charge is 0.234 e. The molecule has 76 valence electrons. The van der Waals surface area contributed by atoms with Crippen molar-refractivity contribution < 1.29 is 4.74 Å². The summed E-state index contributed by atoms with van der Waals surface area (Å²) >= 11 is 17.2. The molecule has 14 heavy (non-hydrogen) atoms. The van der Waals surface area contributed by atoms with Gasteiger partial charge in [0.1, 0.15) is 5.02 Å². The van der Waals surface area contributed by atoms with E-state index in [1.807, 2.05) is 0 Å². The molecule has 0 aliphatic rings. The summed E-state index contributed by atoms with van der Waals surface area (Å²) < 4.78 is 5.26. The lowest BCUT2D eigenvalue weighted by molar-refractivity contribution is 0.313. The SMILES string of the molecule is C=CCCOc1nc(Cl)c(Cl)cc1Cl. The molecule has 0 bridgehead atoms. The van der Waals surface area contributed by atoms with Gasteiger partial charge in [0.05, 0.1) is 11.6 Å². The molecule has 0 aliphatic carbocycles. The highest BCUT2D eigenvalue weighted by atomic mass is 35.5. The number of hydrogen-bond donors (Lipinski definition) is 0. The lowest BCUT2D eigenvalue weighted by atomic mass is 10.4. The van der Waals surface area contributed by atoms with E-state index in [1.165, 1.54) is 6.07 Å². The third-order valence-corrected chi connectivity index (χ3v) is 2.36. The molecule has 0 aromatic carbocycles. The van der Waals surface area contributed by atoms with E-state index >= 15 is 0 Å². The minimum Gasteiger partial charge on any atom is -0.476 e. The maximum atomic E-state index is 5.82. The van der Waals surface area contributed by atoms with Gasteiger partial charge in [-0.05, 0) is 12.5 Å². The summed E-state index contributed by atoms with van der Waals surface area (Å²) in [7, 11) is 0. The Balaban J connectivity index is 2.76. The minimum atomic E-state index is 0.185. The number of ether oxygens (including phenoxy) is 1. The van der Waals surface area contributed by atoms with E-state index in [4.69, 9.17) is 39.5 Å². The van der Waals surface area contributed by atoms with E-state index in [0.717, 1.165) is 6.42 Å². The standard InChI is InChI=1S/C9H8Cl3NO/c1-2-3-4-14-9-7(11)5-6(10)8(12)13-9/h2,5H,1,3-4H2. The van der Waals surface area contributed by atoms with Gasteiger partial charge in [0.15, 0.2) is 5.15 Å². The van der Waals surface area contributed by atoms with Crippen LogP contribution < -0.4 is 4.74 Å². The Kier molecular flexibility index (Phi) is 4.52. The predicted octanol–water partition coefficient (Wildman–Crippen LogP) is 4.00. The van der Waals surface area contributed by atoms with Crippen LogP contribution in [0.25, 0.3) is 0 Å².